The first-order chi connectivity index (χ1) is 14.4. The highest BCUT2D eigenvalue weighted by Gasteiger charge is 2.35. The Hall–Kier alpha value is -3.13. The number of hydrogen-bond donors (Lipinski definition) is 0. The molecule has 0 bridgehead atoms. The molecule has 0 aliphatic carbocycles. The topological polar surface area (TPSA) is 62.2 Å². The first kappa shape index (κ1) is 21.6. The Balaban J connectivity index is 1.91. The summed E-state index contributed by atoms with van der Waals surface area (Å²) >= 11 is 0. The first-order valence-electron chi connectivity index (χ1n) is 9.55. The van der Waals surface area contributed by atoms with Gasteiger partial charge in [0.05, 0.1) is 18.4 Å². The highest BCUT2D eigenvalue weighted by atomic mass is 19.1. The number of ether oxygens (including phenoxy) is 1. The van der Waals surface area contributed by atoms with Crippen molar-refractivity contribution in [3.63, 3.8) is 0 Å². The van der Waals surface area contributed by atoms with Crippen LogP contribution in [0.25, 0.3) is 0 Å². The van der Waals surface area contributed by atoms with Crippen LogP contribution >= 0.6 is 0 Å². The minimum absolute atomic E-state index is 0.205. The Bertz CT molecular complexity index is 947. The third-order valence-corrected chi connectivity index (χ3v) is 4.94. The SMILES string of the molecule is COCCN(CC(=O)N1N=C(c2ccc(F)cc2)CC1c1ccccc1F)C(C)=O. The normalized spacial score (nSPS) is 15.8. The second-order valence-electron chi connectivity index (χ2n) is 6.97. The van der Waals surface area contributed by atoms with Crippen molar-refractivity contribution >= 4 is 17.5 Å². The van der Waals surface area contributed by atoms with Crippen LogP contribution in [0, 0.1) is 11.6 Å². The van der Waals surface area contributed by atoms with Gasteiger partial charge in [-0.05, 0) is 23.8 Å². The minimum atomic E-state index is -0.657. The van der Waals surface area contributed by atoms with Crippen molar-refractivity contribution in [2.75, 3.05) is 26.8 Å². The minimum Gasteiger partial charge on any atom is -0.383 e. The lowest BCUT2D eigenvalue weighted by atomic mass is 9.98. The molecule has 1 aliphatic rings. The Morgan fingerprint density at radius 3 is 2.50 bits per heavy atom. The van der Waals surface area contributed by atoms with Gasteiger partial charge in [0.15, 0.2) is 0 Å². The fourth-order valence-electron chi connectivity index (χ4n) is 3.33. The van der Waals surface area contributed by atoms with E-state index in [0.717, 1.165) is 0 Å². The number of methoxy groups -OCH3 is 1. The van der Waals surface area contributed by atoms with Crippen molar-refractivity contribution in [2.24, 2.45) is 5.10 Å². The van der Waals surface area contributed by atoms with Crippen LogP contribution in [0.2, 0.25) is 0 Å². The summed E-state index contributed by atoms with van der Waals surface area (Å²) < 4.78 is 32.8. The van der Waals surface area contributed by atoms with E-state index in [1.165, 1.54) is 42.1 Å². The number of amides is 2. The molecule has 0 aromatic heterocycles. The van der Waals surface area contributed by atoms with E-state index in [2.05, 4.69) is 5.10 Å². The van der Waals surface area contributed by atoms with Crippen LogP contribution < -0.4 is 0 Å². The fraction of sp³-hybridized carbons (Fsp3) is 0.318. The summed E-state index contributed by atoms with van der Waals surface area (Å²) in [6.45, 7) is 1.70. The molecule has 0 radical (unpaired) electrons. The average molecular weight is 415 g/mol. The molecule has 30 heavy (non-hydrogen) atoms. The highest BCUT2D eigenvalue weighted by Crippen LogP contribution is 2.34. The predicted octanol–water partition coefficient (Wildman–Crippen LogP) is 3.14. The molecule has 0 saturated heterocycles. The maximum absolute atomic E-state index is 14.5. The smallest absolute Gasteiger partial charge is 0.262 e. The number of carbonyl (C=O) groups is 2. The third kappa shape index (κ3) is 4.88. The maximum atomic E-state index is 14.5. The molecule has 0 fully saturated rings. The van der Waals surface area contributed by atoms with Crippen molar-refractivity contribution in [2.45, 2.75) is 19.4 Å². The van der Waals surface area contributed by atoms with Gasteiger partial charge in [-0.1, -0.05) is 30.3 Å². The van der Waals surface area contributed by atoms with E-state index in [4.69, 9.17) is 4.74 Å². The summed E-state index contributed by atoms with van der Waals surface area (Å²) in [6.07, 6.45) is 0.274. The van der Waals surface area contributed by atoms with Crippen LogP contribution in [0.5, 0.6) is 0 Å². The molecule has 2 amide bonds. The van der Waals surface area contributed by atoms with Gasteiger partial charge in [0, 0.05) is 32.6 Å². The van der Waals surface area contributed by atoms with E-state index in [9.17, 15) is 18.4 Å². The largest absolute Gasteiger partial charge is 0.383 e. The molecule has 1 atom stereocenters. The van der Waals surface area contributed by atoms with Gasteiger partial charge in [-0.25, -0.2) is 13.8 Å². The van der Waals surface area contributed by atoms with Gasteiger partial charge >= 0.3 is 0 Å². The Morgan fingerprint density at radius 2 is 1.87 bits per heavy atom. The lowest BCUT2D eigenvalue weighted by Crippen LogP contribution is -2.41. The quantitative estimate of drug-likeness (QED) is 0.698. The summed E-state index contributed by atoms with van der Waals surface area (Å²) in [5.74, 6) is -1.54. The number of nitrogens with zero attached hydrogens (tertiary/aromatic N) is 3. The maximum Gasteiger partial charge on any atom is 0.262 e. The molecule has 1 unspecified atom stereocenters. The van der Waals surface area contributed by atoms with Crippen molar-refractivity contribution in [3.05, 3.63) is 71.3 Å². The zero-order chi connectivity index (χ0) is 21.7. The van der Waals surface area contributed by atoms with Gasteiger partial charge in [-0.3, -0.25) is 9.59 Å². The zero-order valence-electron chi connectivity index (χ0n) is 16.8. The first-order valence-corrected chi connectivity index (χ1v) is 9.55. The molecule has 0 saturated carbocycles. The van der Waals surface area contributed by atoms with Gasteiger partial charge in [0.2, 0.25) is 5.91 Å². The van der Waals surface area contributed by atoms with E-state index >= 15 is 0 Å². The number of benzene rings is 2. The number of halogens is 2. The molecule has 0 N–H and O–H groups in total. The van der Waals surface area contributed by atoms with Crippen molar-refractivity contribution < 1.29 is 23.1 Å². The number of carbonyl (C=O) groups excluding carboxylic acids is 2. The molecule has 8 heteroatoms. The van der Waals surface area contributed by atoms with Crippen LogP contribution in [-0.2, 0) is 14.3 Å². The molecule has 1 heterocycles. The van der Waals surface area contributed by atoms with Gasteiger partial charge in [0.25, 0.3) is 5.91 Å². The van der Waals surface area contributed by atoms with Crippen LogP contribution in [0.3, 0.4) is 0 Å². The Morgan fingerprint density at radius 1 is 1.17 bits per heavy atom. The molecular formula is C22H23F2N3O3. The molecule has 158 valence electrons. The average Bonchev–Trinajstić information content (AvgIpc) is 3.17. The second kappa shape index (κ2) is 9.58. The van der Waals surface area contributed by atoms with E-state index in [1.807, 2.05) is 0 Å². The Kier molecular flexibility index (Phi) is 6.89. The van der Waals surface area contributed by atoms with Crippen LogP contribution in [0.1, 0.15) is 30.5 Å². The van der Waals surface area contributed by atoms with Crippen molar-refractivity contribution in [1.82, 2.24) is 9.91 Å². The summed E-state index contributed by atoms with van der Waals surface area (Å²) in [7, 11) is 1.51. The van der Waals surface area contributed by atoms with Crippen molar-refractivity contribution in [3.8, 4) is 0 Å². The lowest BCUT2D eigenvalue weighted by Gasteiger charge is -2.26. The van der Waals surface area contributed by atoms with Crippen LogP contribution in [-0.4, -0.2) is 54.2 Å². The summed E-state index contributed by atoms with van der Waals surface area (Å²) in [6, 6.07) is 11.3. The standard InChI is InChI=1S/C22H23F2N3O3/c1-15(28)26(11-12-30-2)14-22(29)27-21(18-5-3-4-6-19(18)24)13-20(25-27)16-7-9-17(23)10-8-16/h3-10,21H,11-14H2,1-2H3. The summed E-state index contributed by atoms with van der Waals surface area (Å²) in [5, 5.41) is 5.64. The van der Waals surface area contributed by atoms with Crippen LogP contribution in [0.15, 0.2) is 53.6 Å². The van der Waals surface area contributed by atoms with Gasteiger partial charge in [-0.2, -0.15) is 5.10 Å². The molecule has 1 aliphatic heterocycles. The second-order valence-corrected chi connectivity index (χ2v) is 6.97. The Labute approximate surface area is 173 Å². The third-order valence-electron chi connectivity index (χ3n) is 4.94. The summed E-state index contributed by atoms with van der Waals surface area (Å²) in [4.78, 5) is 26.3. The molecular weight excluding hydrogens is 392 g/mol. The lowest BCUT2D eigenvalue weighted by molar-refractivity contribution is -0.141. The molecule has 3 rings (SSSR count). The van der Waals surface area contributed by atoms with Gasteiger partial charge < -0.3 is 9.64 Å². The molecule has 6 nitrogen and oxygen atoms in total. The highest BCUT2D eigenvalue weighted by molar-refractivity contribution is 6.03. The van der Waals surface area contributed by atoms with Crippen LogP contribution in [0.4, 0.5) is 8.78 Å². The predicted molar refractivity (Wildman–Crippen MR) is 108 cm³/mol. The molecule has 2 aromatic rings. The number of hydrazone groups is 1. The van der Waals surface area contributed by atoms with E-state index < -0.39 is 17.8 Å². The van der Waals surface area contributed by atoms with E-state index in [0.29, 0.717) is 16.8 Å². The molecule has 2 aromatic carbocycles. The van der Waals surface area contributed by atoms with Gasteiger partial charge in [-0.15, -0.1) is 0 Å². The zero-order valence-corrected chi connectivity index (χ0v) is 16.8. The van der Waals surface area contributed by atoms with E-state index in [-0.39, 0.29) is 37.8 Å². The number of rotatable bonds is 7. The van der Waals surface area contributed by atoms with Gasteiger partial charge in [0.1, 0.15) is 18.2 Å². The number of hydrogen-bond acceptors (Lipinski definition) is 4. The van der Waals surface area contributed by atoms with E-state index in [1.54, 1.807) is 30.3 Å². The fourth-order valence-corrected chi connectivity index (χ4v) is 3.33. The monoisotopic (exact) mass is 415 g/mol. The molecule has 0 spiro atoms. The van der Waals surface area contributed by atoms with Crippen molar-refractivity contribution in [1.29, 1.82) is 0 Å². The summed E-state index contributed by atoms with van der Waals surface area (Å²) in [5.41, 5.74) is 1.52.